The predicted molar refractivity (Wildman–Crippen MR) is 84.4 cm³/mol. The highest BCUT2D eigenvalue weighted by atomic mass is 32.1. The molecule has 2 nitrogen and oxygen atoms in total. The van der Waals surface area contributed by atoms with Crippen molar-refractivity contribution in [3.8, 4) is 0 Å². The largest absolute Gasteiger partial charge is 0.286 e. The van der Waals surface area contributed by atoms with Crippen LogP contribution in [0.25, 0.3) is 0 Å². The Balaban J connectivity index is 3.34. The second kappa shape index (κ2) is 6.55. The molecule has 0 aliphatic rings. The summed E-state index contributed by atoms with van der Waals surface area (Å²) in [6.45, 7) is 8.09. The first-order valence-corrected chi connectivity index (χ1v) is 6.53. The molecule has 96 valence electrons. The zero-order valence-electron chi connectivity index (χ0n) is 11.7. The van der Waals surface area contributed by atoms with Crippen molar-refractivity contribution in [3.05, 3.63) is 34.9 Å². The van der Waals surface area contributed by atoms with Gasteiger partial charge in [-0.05, 0) is 38.8 Å². The average Bonchev–Trinajstić information content (AvgIpc) is 2.32. The maximum Gasteiger partial charge on any atom is 0.100 e. The van der Waals surface area contributed by atoms with Crippen LogP contribution in [-0.2, 0) is 0 Å². The van der Waals surface area contributed by atoms with Crippen LogP contribution in [0.3, 0.4) is 0 Å². The highest BCUT2D eigenvalue weighted by Gasteiger charge is 2.12. The highest BCUT2D eigenvalue weighted by molar-refractivity contribution is 7.80. The molecule has 0 N–H and O–H groups in total. The molecule has 0 bridgehead atoms. The van der Waals surface area contributed by atoms with Crippen molar-refractivity contribution < 1.29 is 0 Å². The van der Waals surface area contributed by atoms with E-state index in [1.807, 2.05) is 6.92 Å². The molecule has 1 rings (SSSR count). The van der Waals surface area contributed by atoms with Gasteiger partial charge in [0.25, 0.3) is 0 Å². The first kappa shape index (κ1) is 14.7. The van der Waals surface area contributed by atoms with Gasteiger partial charge in [-0.2, -0.15) is 0 Å². The molecule has 0 heterocycles. The van der Waals surface area contributed by atoms with Crippen LogP contribution in [0.4, 0.5) is 0 Å². The third-order valence-electron chi connectivity index (χ3n) is 2.77. The lowest BCUT2D eigenvalue weighted by Crippen LogP contribution is -2.17. The first-order valence-electron chi connectivity index (χ1n) is 6.12. The summed E-state index contributed by atoms with van der Waals surface area (Å²) in [6.07, 6.45) is 0.827. The van der Waals surface area contributed by atoms with Gasteiger partial charge in [-0.15, -0.1) is 0 Å². The lowest BCUT2D eigenvalue weighted by molar-refractivity contribution is 1.28. The van der Waals surface area contributed by atoms with Crippen LogP contribution in [-0.4, -0.2) is 23.5 Å². The quantitative estimate of drug-likeness (QED) is 0.597. The minimum Gasteiger partial charge on any atom is -0.286 e. The molecule has 1 aromatic rings. The lowest BCUT2D eigenvalue weighted by Gasteiger charge is -2.11. The van der Waals surface area contributed by atoms with Crippen molar-refractivity contribution in [2.45, 2.75) is 34.1 Å². The number of nitrogens with zero attached hydrogens (tertiary/aromatic N) is 2. The van der Waals surface area contributed by atoms with Crippen molar-refractivity contribution in [2.75, 3.05) is 7.05 Å². The number of hydrogen-bond donors (Lipinski definition) is 0. The SMILES string of the molecule is CCC(=N/C(C)=S)/C(=N\C)c1cc(C)ccc1C. The summed E-state index contributed by atoms with van der Waals surface area (Å²) < 4.78 is 0. The minimum absolute atomic E-state index is 0.651. The van der Waals surface area contributed by atoms with E-state index in [0.717, 1.165) is 23.4 Å². The van der Waals surface area contributed by atoms with Gasteiger partial charge in [0.15, 0.2) is 0 Å². The van der Waals surface area contributed by atoms with Crippen molar-refractivity contribution >= 4 is 28.6 Å². The third kappa shape index (κ3) is 3.57. The number of aliphatic imine (C=N–C) groups is 2. The van der Waals surface area contributed by atoms with E-state index in [1.165, 1.54) is 11.1 Å². The van der Waals surface area contributed by atoms with E-state index in [-0.39, 0.29) is 0 Å². The molecule has 0 radical (unpaired) electrons. The minimum atomic E-state index is 0.651. The molecule has 0 amide bonds. The zero-order chi connectivity index (χ0) is 13.7. The topological polar surface area (TPSA) is 24.7 Å². The molecule has 0 atom stereocenters. The van der Waals surface area contributed by atoms with E-state index in [4.69, 9.17) is 12.2 Å². The standard InChI is InChI=1S/C15H20N2S/c1-6-14(17-12(4)18)15(16-5)13-9-10(2)7-8-11(13)3/h7-9H,6H2,1-5H3/b16-15-,17-14-. The average molecular weight is 260 g/mol. The molecule has 18 heavy (non-hydrogen) atoms. The van der Waals surface area contributed by atoms with Gasteiger partial charge >= 0.3 is 0 Å². The van der Waals surface area contributed by atoms with Gasteiger partial charge < -0.3 is 0 Å². The highest BCUT2D eigenvalue weighted by Crippen LogP contribution is 2.14. The molecule has 0 fully saturated rings. The van der Waals surface area contributed by atoms with Gasteiger partial charge in [0.05, 0.1) is 11.4 Å². The molecule has 1 aromatic carbocycles. The normalized spacial score (nSPS) is 12.7. The van der Waals surface area contributed by atoms with Crippen molar-refractivity contribution in [1.82, 2.24) is 0 Å². The van der Waals surface area contributed by atoms with E-state index in [0.29, 0.717) is 4.99 Å². The predicted octanol–water partition coefficient (Wildman–Crippen LogP) is 3.92. The number of aryl methyl sites for hydroxylation is 2. The van der Waals surface area contributed by atoms with Crippen LogP contribution in [0.5, 0.6) is 0 Å². The van der Waals surface area contributed by atoms with Gasteiger partial charge in [0.2, 0.25) is 0 Å². The molecule has 0 unspecified atom stereocenters. The van der Waals surface area contributed by atoms with Crippen molar-refractivity contribution in [1.29, 1.82) is 0 Å². The van der Waals surface area contributed by atoms with Gasteiger partial charge in [0.1, 0.15) is 4.99 Å². The molecular formula is C15H20N2S. The summed E-state index contributed by atoms with van der Waals surface area (Å²) in [5.74, 6) is 0. The van der Waals surface area contributed by atoms with Crippen molar-refractivity contribution in [3.63, 3.8) is 0 Å². The molecule has 3 heteroatoms. The molecular weight excluding hydrogens is 240 g/mol. The number of hydrogen-bond acceptors (Lipinski definition) is 2. The summed E-state index contributed by atoms with van der Waals surface area (Å²) in [7, 11) is 1.81. The molecule has 0 aromatic heterocycles. The Kier molecular flexibility index (Phi) is 5.35. The monoisotopic (exact) mass is 260 g/mol. The smallest absolute Gasteiger partial charge is 0.100 e. The van der Waals surface area contributed by atoms with E-state index in [9.17, 15) is 0 Å². The fraction of sp³-hybridized carbons (Fsp3) is 0.400. The summed E-state index contributed by atoms with van der Waals surface area (Å²) in [5.41, 5.74) is 5.49. The fourth-order valence-electron chi connectivity index (χ4n) is 1.89. The van der Waals surface area contributed by atoms with Crippen molar-refractivity contribution in [2.24, 2.45) is 9.98 Å². The second-order valence-electron chi connectivity index (χ2n) is 4.32. The van der Waals surface area contributed by atoms with Gasteiger partial charge in [0, 0.05) is 12.6 Å². The van der Waals surface area contributed by atoms with Crippen LogP contribution in [0.1, 0.15) is 37.0 Å². The van der Waals surface area contributed by atoms with Gasteiger partial charge in [-0.1, -0.05) is 36.8 Å². The maximum atomic E-state index is 5.07. The molecule has 0 spiro atoms. The van der Waals surface area contributed by atoms with E-state index >= 15 is 0 Å². The summed E-state index contributed by atoms with van der Waals surface area (Å²) in [4.78, 5) is 9.49. The summed E-state index contributed by atoms with van der Waals surface area (Å²) in [6, 6.07) is 6.38. The maximum absolute atomic E-state index is 5.07. The van der Waals surface area contributed by atoms with Gasteiger partial charge in [-0.25, -0.2) is 4.99 Å². The van der Waals surface area contributed by atoms with Gasteiger partial charge in [-0.3, -0.25) is 4.99 Å². The summed E-state index contributed by atoms with van der Waals surface area (Å²) >= 11 is 5.07. The number of benzene rings is 1. The third-order valence-corrected chi connectivity index (χ3v) is 2.86. The second-order valence-corrected chi connectivity index (χ2v) is 4.91. The fourth-order valence-corrected chi connectivity index (χ4v) is 2.00. The number of rotatable bonds is 3. The van der Waals surface area contributed by atoms with E-state index < -0.39 is 0 Å². The van der Waals surface area contributed by atoms with Crippen LogP contribution in [0.15, 0.2) is 28.2 Å². The summed E-state index contributed by atoms with van der Waals surface area (Å²) in [5, 5.41) is 0. The van der Waals surface area contributed by atoms with E-state index in [2.05, 4.69) is 49.0 Å². The zero-order valence-corrected chi connectivity index (χ0v) is 12.6. The van der Waals surface area contributed by atoms with Crippen LogP contribution >= 0.6 is 12.2 Å². The molecule has 0 saturated heterocycles. The van der Waals surface area contributed by atoms with Crippen LogP contribution < -0.4 is 0 Å². The Hall–Kier alpha value is -1.35. The van der Waals surface area contributed by atoms with E-state index in [1.54, 1.807) is 7.05 Å². The molecule has 0 aliphatic heterocycles. The Bertz CT molecular complexity index is 513. The Morgan fingerprint density at radius 3 is 2.44 bits per heavy atom. The van der Waals surface area contributed by atoms with Crippen LogP contribution in [0, 0.1) is 13.8 Å². The molecule has 0 aliphatic carbocycles. The Labute approximate surface area is 115 Å². The first-order chi connectivity index (χ1) is 8.49. The Morgan fingerprint density at radius 2 is 1.94 bits per heavy atom. The molecule has 0 saturated carbocycles. The Morgan fingerprint density at radius 1 is 1.28 bits per heavy atom. The van der Waals surface area contributed by atoms with Crippen LogP contribution in [0.2, 0.25) is 0 Å². The number of thiocarbonyl (C=S) groups is 1. The lowest BCUT2D eigenvalue weighted by atomic mass is 9.97.